The molecule has 3 aromatic heterocycles. The highest BCUT2D eigenvalue weighted by Crippen LogP contribution is 2.50. The van der Waals surface area contributed by atoms with E-state index < -0.39 is 30.1 Å². The molecule has 0 radical (unpaired) electrons. The second kappa shape index (κ2) is 9.11. The molecule has 4 heterocycles. The fraction of sp³-hybridized carbons (Fsp3) is 0.316. The molecule has 0 aromatic carbocycles. The van der Waals surface area contributed by atoms with Gasteiger partial charge in [-0.1, -0.05) is 23.2 Å². The summed E-state index contributed by atoms with van der Waals surface area (Å²) in [6.45, 7) is -0.274. The first-order valence-electron chi connectivity index (χ1n) is 9.85. The molecular weight excluding hydrogens is 518 g/mol. The van der Waals surface area contributed by atoms with E-state index in [0.717, 1.165) is 28.7 Å². The SMILES string of the molecule is C[C@@]1(C(F)(F)F)CN(C(=O)Nc2cnc(C(=O)NOCCO)c(Cl)c2)c2cnc3cc(Cl)nn3c21. The lowest BCUT2D eigenvalue weighted by Gasteiger charge is -2.28. The van der Waals surface area contributed by atoms with Gasteiger partial charge in [0.1, 0.15) is 11.1 Å². The van der Waals surface area contributed by atoms with E-state index in [2.05, 4.69) is 20.4 Å². The van der Waals surface area contributed by atoms with Gasteiger partial charge in [0.05, 0.1) is 47.7 Å². The van der Waals surface area contributed by atoms with Crippen LogP contribution in [0.2, 0.25) is 10.2 Å². The quantitative estimate of drug-likeness (QED) is 0.339. The van der Waals surface area contributed by atoms with Crippen molar-refractivity contribution in [1.82, 2.24) is 25.1 Å². The van der Waals surface area contributed by atoms with Gasteiger partial charge in [-0.3, -0.25) is 14.5 Å². The standard InChI is InChI=1S/C19H16Cl2F3N7O4/c1-18(19(22,23)24)8-30(11-7-25-13-5-12(21)28-31(13)15(11)18)17(34)27-9-4-10(20)14(26-6-9)16(33)29-35-3-2-32/h4-7,32H,2-3,8H2,1H3,(H,27,34)(H,29,33)/t18-/m1/s1. The molecule has 0 bridgehead atoms. The molecule has 186 valence electrons. The van der Waals surface area contributed by atoms with Crippen LogP contribution in [0.3, 0.4) is 0 Å². The van der Waals surface area contributed by atoms with E-state index in [4.69, 9.17) is 33.1 Å². The number of halogens is 5. The van der Waals surface area contributed by atoms with Crippen molar-refractivity contribution in [3.8, 4) is 0 Å². The van der Waals surface area contributed by atoms with Crippen LogP contribution in [-0.2, 0) is 10.3 Å². The largest absolute Gasteiger partial charge is 0.401 e. The zero-order valence-corrected chi connectivity index (χ0v) is 19.2. The van der Waals surface area contributed by atoms with E-state index in [1.54, 1.807) is 0 Å². The first-order valence-corrected chi connectivity index (χ1v) is 10.6. The molecule has 0 spiro atoms. The maximum atomic E-state index is 14.2. The number of urea groups is 1. The topological polar surface area (TPSA) is 134 Å². The van der Waals surface area contributed by atoms with Crippen LogP contribution in [0.5, 0.6) is 0 Å². The number of aromatic nitrogens is 4. The Balaban J connectivity index is 1.62. The highest BCUT2D eigenvalue weighted by Gasteiger charge is 2.60. The van der Waals surface area contributed by atoms with Gasteiger partial charge >= 0.3 is 12.2 Å². The van der Waals surface area contributed by atoms with Crippen LogP contribution in [0.1, 0.15) is 23.1 Å². The molecule has 3 N–H and O–H groups in total. The molecule has 0 aliphatic carbocycles. The third-order valence-electron chi connectivity index (χ3n) is 5.26. The van der Waals surface area contributed by atoms with Crippen molar-refractivity contribution in [2.75, 3.05) is 30.0 Å². The Morgan fingerprint density at radius 2 is 2.00 bits per heavy atom. The number of fused-ring (bicyclic) bond motifs is 3. The number of hydrogen-bond acceptors (Lipinski definition) is 7. The van der Waals surface area contributed by atoms with E-state index in [0.29, 0.717) is 0 Å². The van der Waals surface area contributed by atoms with E-state index in [1.807, 2.05) is 5.48 Å². The Bertz CT molecular complexity index is 1320. The molecule has 35 heavy (non-hydrogen) atoms. The number of carbonyl (C=O) groups is 2. The van der Waals surface area contributed by atoms with E-state index in [-0.39, 0.29) is 51.8 Å². The number of pyridine rings is 1. The average molecular weight is 534 g/mol. The summed E-state index contributed by atoms with van der Waals surface area (Å²) in [5.41, 5.74) is -0.960. The van der Waals surface area contributed by atoms with Gasteiger partial charge in [0.2, 0.25) is 0 Å². The molecule has 1 aliphatic heterocycles. The van der Waals surface area contributed by atoms with Crippen LogP contribution in [0.25, 0.3) is 5.65 Å². The second-order valence-electron chi connectivity index (χ2n) is 7.63. The smallest absolute Gasteiger partial charge is 0.394 e. The first-order chi connectivity index (χ1) is 16.5. The molecule has 0 saturated heterocycles. The Morgan fingerprint density at radius 1 is 1.26 bits per heavy atom. The number of aliphatic hydroxyl groups is 1. The normalized spacial score (nSPS) is 17.5. The summed E-state index contributed by atoms with van der Waals surface area (Å²) in [4.78, 5) is 38.5. The molecule has 11 nitrogen and oxygen atoms in total. The Morgan fingerprint density at radius 3 is 2.66 bits per heavy atom. The minimum atomic E-state index is -4.73. The third kappa shape index (κ3) is 4.45. The molecule has 0 saturated carbocycles. The lowest BCUT2D eigenvalue weighted by molar-refractivity contribution is -0.181. The zero-order chi connectivity index (χ0) is 25.5. The van der Waals surface area contributed by atoms with Crippen molar-refractivity contribution in [1.29, 1.82) is 0 Å². The fourth-order valence-electron chi connectivity index (χ4n) is 3.57. The Hall–Kier alpha value is -3.20. The highest BCUT2D eigenvalue weighted by atomic mass is 35.5. The molecule has 3 aromatic rings. The van der Waals surface area contributed by atoms with Crippen molar-refractivity contribution >= 4 is 52.2 Å². The van der Waals surface area contributed by atoms with Crippen molar-refractivity contribution in [2.24, 2.45) is 0 Å². The third-order valence-corrected chi connectivity index (χ3v) is 5.73. The average Bonchev–Trinajstić information content (AvgIpc) is 3.31. The summed E-state index contributed by atoms with van der Waals surface area (Å²) in [6.07, 6.45) is -2.49. The monoisotopic (exact) mass is 533 g/mol. The van der Waals surface area contributed by atoms with Gasteiger partial charge in [-0.15, -0.1) is 0 Å². The summed E-state index contributed by atoms with van der Waals surface area (Å²) in [6, 6.07) is 1.59. The molecule has 4 rings (SSSR count). The molecule has 3 amide bonds. The van der Waals surface area contributed by atoms with Gasteiger partial charge in [0, 0.05) is 12.6 Å². The van der Waals surface area contributed by atoms with Gasteiger partial charge < -0.3 is 10.4 Å². The van der Waals surface area contributed by atoms with Crippen molar-refractivity contribution in [3.05, 3.63) is 46.1 Å². The number of aliphatic hydroxyl groups excluding tert-OH is 1. The highest BCUT2D eigenvalue weighted by molar-refractivity contribution is 6.33. The van der Waals surface area contributed by atoms with E-state index in [9.17, 15) is 22.8 Å². The number of carbonyl (C=O) groups excluding carboxylic acids is 2. The van der Waals surface area contributed by atoms with Gasteiger partial charge in [-0.25, -0.2) is 24.8 Å². The maximum Gasteiger partial charge on any atom is 0.401 e. The van der Waals surface area contributed by atoms with Gasteiger partial charge in [0.25, 0.3) is 5.91 Å². The van der Waals surface area contributed by atoms with Crippen molar-refractivity contribution in [2.45, 2.75) is 18.5 Å². The van der Waals surface area contributed by atoms with Crippen molar-refractivity contribution < 1.29 is 32.7 Å². The molecule has 0 unspecified atom stereocenters. The summed E-state index contributed by atoms with van der Waals surface area (Å²) >= 11 is 11.9. The Labute approximate surface area is 204 Å². The van der Waals surface area contributed by atoms with E-state index >= 15 is 0 Å². The van der Waals surface area contributed by atoms with Crippen LogP contribution in [-0.4, -0.2) is 62.6 Å². The molecule has 1 aliphatic rings. The first kappa shape index (κ1) is 24.9. The molecular formula is C19H16Cl2F3N7O4. The van der Waals surface area contributed by atoms with Gasteiger partial charge in [-0.05, 0) is 13.0 Å². The summed E-state index contributed by atoms with van der Waals surface area (Å²) in [7, 11) is 0. The number of nitrogens with one attached hydrogen (secondary N) is 2. The summed E-state index contributed by atoms with van der Waals surface area (Å²) in [5, 5.41) is 14.8. The lowest BCUT2D eigenvalue weighted by atomic mass is 9.88. The summed E-state index contributed by atoms with van der Waals surface area (Å²) in [5.74, 6) is -0.802. The predicted molar refractivity (Wildman–Crippen MR) is 118 cm³/mol. The van der Waals surface area contributed by atoms with Crippen LogP contribution in [0.15, 0.2) is 24.5 Å². The molecule has 0 fully saturated rings. The van der Waals surface area contributed by atoms with Crippen LogP contribution >= 0.6 is 23.2 Å². The Kier molecular flexibility index (Phi) is 6.48. The minimum absolute atomic E-state index is 0.0196. The van der Waals surface area contributed by atoms with Crippen LogP contribution < -0.4 is 15.7 Å². The van der Waals surface area contributed by atoms with Gasteiger partial charge in [-0.2, -0.15) is 18.3 Å². The van der Waals surface area contributed by atoms with E-state index in [1.165, 1.54) is 12.1 Å². The fourth-order valence-corrected chi connectivity index (χ4v) is 3.99. The van der Waals surface area contributed by atoms with Gasteiger partial charge in [0.15, 0.2) is 10.8 Å². The summed E-state index contributed by atoms with van der Waals surface area (Å²) < 4.78 is 43.5. The number of hydrogen-bond donors (Lipinski definition) is 3. The zero-order valence-electron chi connectivity index (χ0n) is 17.7. The van der Waals surface area contributed by atoms with Crippen LogP contribution in [0.4, 0.5) is 29.3 Å². The lowest BCUT2D eigenvalue weighted by Crippen LogP contribution is -2.46. The molecule has 1 atom stereocenters. The maximum absolute atomic E-state index is 14.2. The number of hydroxylamine groups is 1. The number of anilines is 2. The predicted octanol–water partition coefficient (Wildman–Crippen LogP) is 2.96. The number of amides is 3. The van der Waals surface area contributed by atoms with Crippen molar-refractivity contribution in [3.63, 3.8) is 0 Å². The number of rotatable bonds is 5. The second-order valence-corrected chi connectivity index (χ2v) is 8.43. The number of nitrogens with zero attached hydrogens (tertiary/aromatic N) is 5. The van der Waals surface area contributed by atoms with Crippen LogP contribution in [0, 0.1) is 0 Å². The minimum Gasteiger partial charge on any atom is -0.394 e. The number of alkyl halides is 3. The molecule has 16 heteroatoms.